The van der Waals surface area contributed by atoms with E-state index >= 15 is 0 Å². The Morgan fingerprint density at radius 1 is 1.24 bits per heavy atom. The van der Waals surface area contributed by atoms with Crippen LogP contribution in [0, 0.1) is 0 Å². The van der Waals surface area contributed by atoms with Gasteiger partial charge in [-0.1, -0.05) is 31.5 Å². The van der Waals surface area contributed by atoms with Crippen LogP contribution in [0.3, 0.4) is 0 Å². The van der Waals surface area contributed by atoms with Crippen molar-refractivity contribution in [1.29, 1.82) is 0 Å². The van der Waals surface area contributed by atoms with Crippen LogP contribution in [0.1, 0.15) is 41.6 Å². The number of methoxy groups -OCH3 is 1. The van der Waals surface area contributed by atoms with Crippen molar-refractivity contribution in [2.24, 2.45) is 0 Å². The Kier molecular flexibility index (Phi) is 6.09. The monoisotopic (exact) mass is 323 g/mol. The molecule has 0 fully saturated rings. The van der Waals surface area contributed by atoms with E-state index in [1.807, 2.05) is 23.5 Å². The second-order valence-electron chi connectivity index (χ2n) is 4.93. The van der Waals surface area contributed by atoms with Crippen molar-refractivity contribution < 1.29 is 4.74 Å². The lowest BCUT2D eigenvalue weighted by Gasteiger charge is -2.19. The number of ether oxygens (including phenoxy) is 1. The Hall–Kier alpha value is -1.03. The summed E-state index contributed by atoms with van der Waals surface area (Å²) in [6.07, 6.45) is 2.16. The van der Waals surface area contributed by atoms with Gasteiger partial charge in [-0.2, -0.15) is 0 Å². The zero-order chi connectivity index (χ0) is 15.2. The van der Waals surface area contributed by atoms with Crippen molar-refractivity contribution in [1.82, 2.24) is 5.32 Å². The van der Waals surface area contributed by atoms with Crippen LogP contribution in [-0.2, 0) is 6.42 Å². The van der Waals surface area contributed by atoms with Crippen LogP contribution in [0.2, 0.25) is 5.02 Å². The second-order valence-corrected chi connectivity index (χ2v) is 6.54. The summed E-state index contributed by atoms with van der Waals surface area (Å²) in [6.45, 7) is 5.32. The zero-order valence-electron chi connectivity index (χ0n) is 12.8. The van der Waals surface area contributed by atoms with Crippen LogP contribution in [0.5, 0.6) is 5.75 Å². The maximum Gasteiger partial charge on any atom is 0.120 e. The summed E-state index contributed by atoms with van der Waals surface area (Å²) in [7, 11) is 1.66. The van der Waals surface area contributed by atoms with Gasteiger partial charge in [0.25, 0.3) is 0 Å². The third-order valence-corrected chi connectivity index (χ3v) is 5.05. The standard InChI is InChI=1S/C17H22ClNOS/c1-4-10-19-17(16-9-7-13(5-2)21-16)14-8-6-12(20-3)11-15(14)18/h6-9,11,17,19H,4-5,10H2,1-3H3. The van der Waals surface area contributed by atoms with Crippen molar-refractivity contribution in [2.45, 2.75) is 32.7 Å². The smallest absolute Gasteiger partial charge is 0.120 e. The molecule has 2 aromatic rings. The van der Waals surface area contributed by atoms with Gasteiger partial charge in [0, 0.05) is 14.8 Å². The molecule has 0 radical (unpaired) electrons. The molecular formula is C17H22ClNOS. The predicted molar refractivity (Wildman–Crippen MR) is 91.8 cm³/mol. The minimum atomic E-state index is 0.147. The molecule has 1 unspecified atom stereocenters. The van der Waals surface area contributed by atoms with Gasteiger partial charge in [-0.15, -0.1) is 11.3 Å². The number of rotatable bonds is 7. The van der Waals surface area contributed by atoms with Gasteiger partial charge in [-0.3, -0.25) is 0 Å². The first-order valence-electron chi connectivity index (χ1n) is 7.35. The van der Waals surface area contributed by atoms with Gasteiger partial charge in [-0.25, -0.2) is 0 Å². The zero-order valence-corrected chi connectivity index (χ0v) is 14.4. The average molecular weight is 324 g/mol. The minimum Gasteiger partial charge on any atom is -0.497 e. The van der Waals surface area contributed by atoms with Gasteiger partial charge in [0.2, 0.25) is 0 Å². The van der Waals surface area contributed by atoms with E-state index in [2.05, 4.69) is 37.4 Å². The minimum absolute atomic E-state index is 0.147. The van der Waals surface area contributed by atoms with E-state index in [4.69, 9.17) is 16.3 Å². The normalized spacial score (nSPS) is 12.4. The van der Waals surface area contributed by atoms with E-state index in [9.17, 15) is 0 Å². The summed E-state index contributed by atoms with van der Waals surface area (Å²) >= 11 is 8.31. The molecule has 4 heteroatoms. The van der Waals surface area contributed by atoms with E-state index in [1.165, 1.54) is 9.75 Å². The molecule has 0 amide bonds. The summed E-state index contributed by atoms with van der Waals surface area (Å²) in [5.74, 6) is 0.790. The van der Waals surface area contributed by atoms with Crippen molar-refractivity contribution >= 4 is 22.9 Å². The topological polar surface area (TPSA) is 21.3 Å². The van der Waals surface area contributed by atoms with Gasteiger partial charge in [0.15, 0.2) is 0 Å². The molecule has 1 atom stereocenters. The fraction of sp³-hybridized carbons (Fsp3) is 0.412. The number of thiophene rings is 1. The van der Waals surface area contributed by atoms with Gasteiger partial charge in [0.05, 0.1) is 13.2 Å². The molecule has 0 spiro atoms. The van der Waals surface area contributed by atoms with Gasteiger partial charge < -0.3 is 10.1 Å². The van der Waals surface area contributed by atoms with Gasteiger partial charge in [0.1, 0.15) is 5.75 Å². The van der Waals surface area contributed by atoms with Crippen molar-refractivity contribution in [3.63, 3.8) is 0 Å². The van der Waals surface area contributed by atoms with Crippen LogP contribution < -0.4 is 10.1 Å². The highest BCUT2D eigenvalue weighted by Gasteiger charge is 2.18. The fourth-order valence-corrected chi connectivity index (χ4v) is 3.59. The van der Waals surface area contributed by atoms with Gasteiger partial charge in [-0.05, 0) is 49.2 Å². The van der Waals surface area contributed by atoms with Crippen molar-refractivity contribution in [2.75, 3.05) is 13.7 Å². The van der Waals surface area contributed by atoms with Crippen LogP contribution in [0.15, 0.2) is 30.3 Å². The number of halogens is 1. The molecule has 1 N–H and O–H groups in total. The quantitative estimate of drug-likeness (QED) is 0.768. The molecule has 1 aromatic carbocycles. The highest BCUT2D eigenvalue weighted by molar-refractivity contribution is 7.12. The molecular weight excluding hydrogens is 302 g/mol. The third-order valence-electron chi connectivity index (χ3n) is 3.43. The number of benzene rings is 1. The van der Waals surface area contributed by atoms with E-state index in [1.54, 1.807) is 7.11 Å². The first-order chi connectivity index (χ1) is 10.2. The molecule has 2 nitrogen and oxygen atoms in total. The second kappa shape index (κ2) is 7.83. The number of aryl methyl sites for hydroxylation is 1. The Morgan fingerprint density at radius 2 is 2.05 bits per heavy atom. The Bertz CT molecular complexity index is 582. The molecule has 0 bridgehead atoms. The SMILES string of the molecule is CCCNC(c1ccc(CC)s1)c1ccc(OC)cc1Cl. The molecule has 2 rings (SSSR count). The van der Waals surface area contributed by atoms with Crippen molar-refractivity contribution in [3.8, 4) is 5.75 Å². The summed E-state index contributed by atoms with van der Waals surface area (Å²) < 4.78 is 5.24. The first kappa shape index (κ1) is 16.3. The summed E-state index contributed by atoms with van der Waals surface area (Å²) in [6, 6.07) is 10.5. The molecule has 1 heterocycles. The van der Waals surface area contributed by atoms with E-state index in [-0.39, 0.29) is 6.04 Å². The molecule has 0 aliphatic carbocycles. The Labute approximate surface area is 136 Å². The summed E-state index contributed by atoms with van der Waals surface area (Å²) in [4.78, 5) is 2.71. The average Bonchev–Trinajstić information content (AvgIpc) is 2.97. The predicted octanol–water partition coefficient (Wildman–Crippen LogP) is 5.06. The van der Waals surface area contributed by atoms with Crippen LogP contribution >= 0.6 is 22.9 Å². The highest BCUT2D eigenvalue weighted by Crippen LogP contribution is 2.34. The van der Waals surface area contributed by atoms with Crippen LogP contribution in [-0.4, -0.2) is 13.7 Å². The fourth-order valence-electron chi connectivity index (χ4n) is 2.26. The van der Waals surface area contributed by atoms with E-state index in [0.29, 0.717) is 0 Å². The number of nitrogens with one attached hydrogen (secondary N) is 1. The molecule has 114 valence electrons. The van der Waals surface area contributed by atoms with E-state index < -0.39 is 0 Å². The maximum absolute atomic E-state index is 6.46. The molecule has 1 aromatic heterocycles. The van der Waals surface area contributed by atoms with E-state index in [0.717, 1.165) is 35.7 Å². The lowest BCUT2D eigenvalue weighted by Crippen LogP contribution is -2.22. The maximum atomic E-state index is 6.46. The Morgan fingerprint density at radius 3 is 2.62 bits per heavy atom. The lowest BCUT2D eigenvalue weighted by atomic mass is 10.0. The largest absolute Gasteiger partial charge is 0.497 e. The number of hydrogen-bond donors (Lipinski definition) is 1. The molecule has 0 aliphatic heterocycles. The van der Waals surface area contributed by atoms with Crippen molar-refractivity contribution in [3.05, 3.63) is 50.7 Å². The lowest BCUT2D eigenvalue weighted by molar-refractivity contribution is 0.414. The number of hydrogen-bond acceptors (Lipinski definition) is 3. The summed E-state index contributed by atoms with van der Waals surface area (Å²) in [5, 5.41) is 4.35. The third kappa shape index (κ3) is 4.00. The van der Waals surface area contributed by atoms with Gasteiger partial charge >= 0.3 is 0 Å². The molecule has 0 aliphatic rings. The first-order valence-corrected chi connectivity index (χ1v) is 8.54. The molecule has 0 saturated heterocycles. The molecule has 0 saturated carbocycles. The van der Waals surface area contributed by atoms with Crippen LogP contribution in [0.4, 0.5) is 0 Å². The highest BCUT2D eigenvalue weighted by atomic mass is 35.5. The Balaban J connectivity index is 2.35. The molecule has 21 heavy (non-hydrogen) atoms. The van der Waals surface area contributed by atoms with Crippen LogP contribution in [0.25, 0.3) is 0 Å². The summed E-state index contributed by atoms with van der Waals surface area (Å²) in [5.41, 5.74) is 1.11.